The molecule has 3 rings (SSSR count). The van der Waals surface area contributed by atoms with Crippen molar-refractivity contribution in [2.45, 2.75) is 85.3 Å². The van der Waals surface area contributed by atoms with Gasteiger partial charge in [-0.25, -0.2) is 23.0 Å². The SMILES string of the molecule is Cc1cc2c(C#N)c(N(C(=O)OC(C)(C)C)C(=O)OC(C)(C)C)n(-c3c(C)ccc(S(=O)(=O)Cl)c3C)c2nc1C. The van der Waals surface area contributed by atoms with Gasteiger partial charge in [-0.1, -0.05) is 6.07 Å². The van der Waals surface area contributed by atoms with E-state index >= 15 is 0 Å². The predicted molar refractivity (Wildman–Crippen MR) is 153 cm³/mol. The first-order valence-electron chi connectivity index (χ1n) is 12.4. The Morgan fingerprint density at radius 2 is 1.50 bits per heavy atom. The Morgan fingerprint density at radius 1 is 0.975 bits per heavy atom. The topological polar surface area (TPSA) is 132 Å². The highest BCUT2D eigenvalue weighted by Crippen LogP contribution is 2.40. The van der Waals surface area contributed by atoms with Crippen LogP contribution in [0.15, 0.2) is 23.1 Å². The van der Waals surface area contributed by atoms with E-state index < -0.39 is 32.4 Å². The summed E-state index contributed by atoms with van der Waals surface area (Å²) in [5.74, 6) is -0.200. The summed E-state index contributed by atoms with van der Waals surface area (Å²) in [4.78, 5) is 32.6. The van der Waals surface area contributed by atoms with Crippen molar-refractivity contribution >= 4 is 48.8 Å². The summed E-state index contributed by atoms with van der Waals surface area (Å²) < 4.78 is 37.5. The molecule has 0 bridgehead atoms. The van der Waals surface area contributed by atoms with Gasteiger partial charge in [-0.05, 0) is 98.1 Å². The number of aromatic nitrogens is 2. The highest BCUT2D eigenvalue weighted by atomic mass is 35.7. The number of hydrogen-bond acceptors (Lipinski definition) is 8. The summed E-state index contributed by atoms with van der Waals surface area (Å²) in [5, 5.41) is 10.7. The van der Waals surface area contributed by atoms with Crippen LogP contribution in [0.3, 0.4) is 0 Å². The minimum absolute atomic E-state index is 0.0553. The van der Waals surface area contributed by atoms with E-state index in [-0.39, 0.29) is 33.2 Å². The molecular formula is C28H33ClN4O6S. The van der Waals surface area contributed by atoms with E-state index in [0.717, 1.165) is 5.56 Å². The molecule has 0 fully saturated rings. The van der Waals surface area contributed by atoms with Crippen molar-refractivity contribution in [3.05, 3.63) is 46.1 Å². The van der Waals surface area contributed by atoms with Crippen LogP contribution in [0.5, 0.6) is 0 Å². The monoisotopic (exact) mass is 588 g/mol. The van der Waals surface area contributed by atoms with E-state index in [9.17, 15) is 23.3 Å². The normalized spacial score (nSPS) is 12.2. The van der Waals surface area contributed by atoms with Crippen LogP contribution in [0.2, 0.25) is 0 Å². The molecule has 0 saturated carbocycles. The molecule has 10 nitrogen and oxygen atoms in total. The largest absolute Gasteiger partial charge is 0.443 e. The minimum atomic E-state index is -4.18. The maximum Gasteiger partial charge on any atom is 0.425 e. The van der Waals surface area contributed by atoms with Gasteiger partial charge < -0.3 is 9.47 Å². The maximum absolute atomic E-state index is 13.7. The summed E-state index contributed by atoms with van der Waals surface area (Å²) in [5.41, 5.74) is 0.608. The lowest BCUT2D eigenvalue weighted by Crippen LogP contribution is -2.45. The summed E-state index contributed by atoms with van der Waals surface area (Å²) in [7, 11) is 1.57. The summed E-state index contributed by atoms with van der Waals surface area (Å²) >= 11 is 0. The number of anilines is 1. The van der Waals surface area contributed by atoms with Crippen LogP contribution in [0.4, 0.5) is 15.4 Å². The standard InChI is InChI=1S/C28H33ClN4O6S/c1-15-11-12-21(40(29,36)37)17(3)22(15)32-23-19(13-16(2)18(4)31-23)20(14-30)24(32)33(25(34)38-27(5,6)7)26(35)39-28(8,9)10/h11-13H,1-10H3. The Morgan fingerprint density at radius 3 is 1.95 bits per heavy atom. The number of fused-ring (bicyclic) bond motifs is 1. The fourth-order valence-electron chi connectivity index (χ4n) is 4.20. The van der Waals surface area contributed by atoms with Crippen LogP contribution in [0, 0.1) is 39.0 Å². The number of pyridine rings is 1. The molecule has 0 unspecified atom stereocenters. The first-order chi connectivity index (χ1) is 18.2. The third kappa shape index (κ3) is 6.08. The van der Waals surface area contributed by atoms with Crippen LogP contribution in [-0.4, -0.2) is 41.4 Å². The molecule has 0 aliphatic heterocycles. The molecule has 0 saturated heterocycles. The highest BCUT2D eigenvalue weighted by molar-refractivity contribution is 8.13. The maximum atomic E-state index is 13.7. The first-order valence-corrected chi connectivity index (χ1v) is 14.7. The average Bonchev–Trinajstić information content (AvgIpc) is 3.03. The Bertz CT molecular complexity index is 1660. The van der Waals surface area contributed by atoms with Crippen LogP contribution < -0.4 is 4.90 Å². The molecule has 0 atom stereocenters. The van der Waals surface area contributed by atoms with Crippen molar-refractivity contribution < 1.29 is 27.5 Å². The smallest absolute Gasteiger partial charge is 0.425 e. The summed E-state index contributed by atoms with van der Waals surface area (Å²) in [6.45, 7) is 16.7. The Hall–Kier alpha value is -3.62. The average molecular weight is 589 g/mol. The molecule has 12 heteroatoms. The van der Waals surface area contributed by atoms with E-state index in [0.29, 0.717) is 21.5 Å². The molecule has 2 amide bonds. The number of hydrogen-bond donors (Lipinski definition) is 0. The number of carbonyl (C=O) groups is 2. The van der Waals surface area contributed by atoms with E-state index in [1.54, 1.807) is 74.4 Å². The number of ether oxygens (including phenoxy) is 2. The van der Waals surface area contributed by atoms with Crippen LogP contribution in [0.25, 0.3) is 16.7 Å². The van der Waals surface area contributed by atoms with Crippen molar-refractivity contribution in [2.24, 2.45) is 0 Å². The number of imide groups is 1. The second-order valence-corrected chi connectivity index (χ2v) is 14.0. The lowest BCUT2D eigenvalue weighted by atomic mass is 10.1. The number of carbonyl (C=O) groups excluding carboxylic acids is 2. The van der Waals surface area contributed by atoms with Crippen molar-refractivity contribution in [1.29, 1.82) is 5.26 Å². The van der Waals surface area contributed by atoms with Gasteiger partial charge in [0.15, 0.2) is 5.82 Å². The van der Waals surface area contributed by atoms with E-state index in [4.69, 9.17) is 25.1 Å². The third-order valence-corrected chi connectivity index (χ3v) is 7.37. The van der Waals surface area contributed by atoms with Gasteiger partial charge in [0, 0.05) is 21.8 Å². The molecule has 0 N–H and O–H groups in total. The minimum Gasteiger partial charge on any atom is -0.443 e. The molecule has 1 aromatic carbocycles. The number of benzene rings is 1. The molecule has 0 aliphatic rings. The molecular weight excluding hydrogens is 556 g/mol. The van der Waals surface area contributed by atoms with Gasteiger partial charge in [0.1, 0.15) is 28.5 Å². The zero-order valence-corrected chi connectivity index (χ0v) is 25.8. The third-order valence-electron chi connectivity index (χ3n) is 5.91. The van der Waals surface area contributed by atoms with Gasteiger partial charge >= 0.3 is 12.2 Å². The second-order valence-electron chi connectivity index (χ2n) is 11.5. The van der Waals surface area contributed by atoms with E-state index in [2.05, 4.69) is 6.07 Å². The molecule has 2 heterocycles. The van der Waals surface area contributed by atoms with Gasteiger partial charge in [0.25, 0.3) is 9.05 Å². The van der Waals surface area contributed by atoms with Gasteiger partial charge in [-0.2, -0.15) is 10.2 Å². The predicted octanol–water partition coefficient (Wildman–Crippen LogP) is 6.73. The zero-order valence-electron chi connectivity index (χ0n) is 24.3. The molecule has 3 aromatic rings. The van der Waals surface area contributed by atoms with Gasteiger partial charge in [-0.15, -0.1) is 0 Å². The fraction of sp³-hybridized carbons (Fsp3) is 0.429. The van der Waals surface area contributed by atoms with Crippen molar-refractivity contribution in [3.8, 4) is 11.8 Å². The number of nitrogens with zero attached hydrogens (tertiary/aromatic N) is 4. The first kappa shape index (κ1) is 30.9. The second kappa shape index (κ2) is 10.4. The number of rotatable bonds is 3. The van der Waals surface area contributed by atoms with Gasteiger partial charge in [0.2, 0.25) is 0 Å². The zero-order chi connectivity index (χ0) is 30.5. The highest BCUT2D eigenvalue weighted by Gasteiger charge is 2.39. The Kier molecular flexibility index (Phi) is 8.05. The lowest BCUT2D eigenvalue weighted by Gasteiger charge is -2.29. The number of amides is 2. The van der Waals surface area contributed by atoms with Gasteiger partial charge in [-0.3, -0.25) is 4.57 Å². The van der Waals surface area contributed by atoms with E-state index in [1.165, 1.54) is 10.6 Å². The lowest BCUT2D eigenvalue weighted by molar-refractivity contribution is 0.0428. The van der Waals surface area contributed by atoms with Crippen LogP contribution >= 0.6 is 10.7 Å². The molecule has 0 aliphatic carbocycles. The Labute approximate surface area is 238 Å². The quantitative estimate of drug-likeness (QED) is 0.307. The molecule has 0 spiro atoms. The fourth-order valence-corrected chi connectivity index (χ4v) is 5.40. The van der Waals surface area contributed by atoms with Crippen molar-refractivity contribution in [1.82, 2.24) is 9.55 Å². The van der Waals surface area contributed by atoms with Crippen molar-refractivity contribution in [3.63, 3.8) is 0 Å². The van der Waals surface area contributed by atoms with E-state index in [1.807, 2.05) is 6.92 Å². The van der Waals surface area contributed by atoms with Crippen LogP contribution in [-0.2, 0) is 18.5 Å². The molecule has 0 radical (unpaired) electrons. The number of aryl methyl sites for hydroxylation is 3. The van der Waals surface area contributed by atoms with Crippen LogP contribution in [0.1, 0.15) is 69.5 Å². The molecule has 2 aromatic heterocycles. The Balaban J connectivity index is 2.62. The summed E-state index contributed by atoms with van der Waals surface area (Å²) in [6.07, 6.45) is -2.18. The number of halogens is 1. The summed E-state index contributed by atoms with van der Waals surface area (Å²) in [6, 6.07) is 6.76. The molecule has 40 heavy (non-hydrogen) atoms. The van der Waals surface area contributed by atoms with Gasteiger partial charge in [0.05, 0.1) is 10.6 Å². The van der Waals surface area contributed by atoms with Crippen molar-refractivity contribution in [2.75, 3.05) is 4.90 Å². The molecule has 214 valence electrons. The number of nitriles is 1.